The number of pyridine rings is 1. The fourth-order valence-electron chi connectivity index (χ4n) is 2.75. The summed E-state index contributed by atoms with van der Waals surface area (Å²) in [5.41, 5.74) is 2.81. The Hall–Kier alpha value is -3.09. The van der Waals surface area contributed by atoms with E-state index in [0.29, 0.717) is 24.9 Å². The lowest BCUT2D eigenvalue weighted by Crippen LogP contribution is -2.38. The maximum atomic E-state index is 13.3. The number of hydrogen-bond donors (Lipinski definition) is 3. The molecule has 0 radical (unpaired) electrons. The van der Waals surface area contributed by atoms with E-state index in [1.54, 1.807) is 20.2 Å². The fourth-order valence-corrected chi connectivity index (χ4v) is 2.75. The molecule has 0 saturated heterocycles. The lowest BCUT2D eigenvalue weighted by molar-refractivity contribution is 0.396. The zero-order chi connectivity index (χ0) is 18.4. The number of aromatic nitrogens is 2. The maximum Gasteiger partial charge on any atom is 0.213 e. The number of aromatic amines is 1. The van der Waals surface area contributed by atoms with Crippen molar-refractivity contribution in [3.8, 4) is 5.88 Å². The number of rotatable bonds is 6. The van der Waals surface area contributed by atoms with Crippen LogP contribution in [0.3, 0.4) is 0 Å². The molecule has 0 fully saturated rings. The van der Waals surface area contributed by atoms with Crippen molar-refractivity contribution < 1.29 is 9.13 Å². The summed E-state index contributed by atoms with van der Waals surface area (Å²) in [6.45, 7) is 1.25. The van der Waals surface area contributed by atoms with Crippen LogP contribution in [-0.4, -0.2) is 36.6 Å². The van der Waals surface area contributed by atoms with E-state index in [2.05, 4.69) is 25.6 Å². The minimum absolute atomic E-state index is 0.236. The van der Waals surface area contributed by atoms with Crippen molar-refractivity contribution in [3.05, 3.63) is 59.7 Å². The smallest absolute Gasteiger partial charge is 0.213 e. The minimum Gasteiger partial charge on any atom is -0.481 e. The Labute approximate surface area is 151 Å². The summed E-state index contributed by atoms with van der Waals surface area (Å²) in [5, 5.41) is 7.54. The number of methoxy groups -OCH3 is 1. The van der Waals surface area contributed by atoms with Crippen LogP contribution in [0.25, 0.3) is 10.9 Å². The average Bonchev–Trinajstić information content (AvgIpc) is 3.06. The summed E-state index contributed by atoms with van der Waals surface area (Å²) in [4.78, 5) is 11.7. The van der Waals surface area contributed by atoms with Gasteiger partial charge in [0, 0.05) is 36.8 Å². The second kappa shape index (κ2) is 8.33. The molecule has 2 aromatic heterocycles. The first kappa shape index (κ1) is 17.7. The van der Waals surface area contributed by atoms with Gasteiger partial charge >= 0.3 is 0 Å². The van der Waals surface area contributed by atoms with Gasteiger partial charge in [-0.15, -0.1) is 0 Å². The molecule has 2 heterocycles. The lowest BCUT2D eigenvalue weighted by atomic mass is 10.1. The van der Waals surface area contributed by atoms with E-state index in [0.717, 1.165) is 28.6 Å². The second-order valence-electron chi connectivity index (χ2n) is 5.78. The molecule has 0 aliphatic heterocycles. The summed E-state index contributed by atoms with van der Waals surface area (Å²) in [6, 6.07) is 10.4. The number of guanidine groups is 1. The predicted octanol–water partition coefficient (Wildman–Crippen LogP) is 2.62. The summed E-state index contributed by atoms with van der Waals surface area (Å²) in [5.74, 6) is 1.04. The van der Waals surface area contributed by atoms with Crippen LogP contribution in [0.2, 0.25) is 0 Å². The zero-order valence-corrected chi connectivity index (χ0v) is 14.8. The van der Waals surface area contributed by atoms with Crippen molar-refractivity contribution in [3.63, 3.8) is 0 Å². The van der Waals surface area contributed by atoms with E-state index < -0.39 is 0 Å². The van der Waals surface area contributed by atoms with Crippen LogP contribution in [0.4, 0.5) is 4.39 Å². The number of H-pyrrole nitrogens is 1. The van der Waals surface area contributed by atoms with E-state index in [1.165, 1.54) is 12.1 Å². The molecule has 0 unspecified atom stereocenters. The molecule has 0 bridgehead atoms. The third-order valence-corrected chi connectivity index (χ3v) is 4.07. The molecule has 3 aromatic rings. The monoisotopic (exact) mass is 355 g/mol. The molecule has 3 rings (SSSR count). The van der Waals surface area contributed by atoms with Gasteiger partial charge in [-0.05, 0) is 36.2 Å². The molecule has 0 aliphatic rings. The predicted molar refractivity (Wildman–Crippen MR) is 101 cm³/mol. The third kappa shape index (κ3) is 4.30. The van der Waals surface area contributed by atoms with Crippen LogP contribution >= 0.6 is 0 Å². The highest BCUT2D eigenvalue weighted by molar-refractivity contribution is 5.83. The largest absolute Gasteiger partial charge is 0.481 e. The number of fused-ring (bicyclic) bond motifs is 1. The minimum atomic E-state index is -0.236. The summed E-state index contributed by atoms with van der Waals surface area (Å²) in [6.07, 6.45) is 2.71. The first-order chi connectivity index (χ1) is 12.7. The van der Waals surface area contributed by atoms with Gasteiger partial charge in [0.25, 0.3) is 0 Å². The molecule has 0 aliphatic carbocycles. The Kier molecular flexibility index (Phi) is 5.68. The van der Waals surface area contributed by atoms with Crippen LogP contribution in [-0.2, 0) is 13.0 Å². The number of nitrogens with zero attached hydrogens (tertiary/aromatic N) is 2. The average molecular weight is 355 g/mol. The Balaban J connectivity index is 1.52. The highest BCUT2D eigenvalue weighted by Gasteiger charge is 2.05. The van der Waals surface area contributed by atoms with Gasteiger partial charge in [0.1, 0.15) is 5.82 Å². The Morgan fingerprint density at radius 3 is 2.96 bits per heavy atom. The maximum absolute atomic E-state index is 13.3. The van der Waals surface area contributed by atoms with Gasteiger partial charge < -0.3 is 20.4 Å². The molecule has 6 nitrogen and oxygen atoms in total. The Morgan fingerprint density at radius 1 is 1.27 bits per heavy atom. The van der Waals surface area contributed by atoms with Crippen molar-refractivity contribution in [1.29, 1.82) is 0 Å². The van der Waals surface area contributed by atoms with Gasteiger partial charge in [-0.1, -0.05) is 6.07 Å². The number of benzene rings is 1. The number of ether oxygens (including phenoxy) is 1. The van der Waals surface area contributed by atoms with Crippen LogP contribution in [0.5, 0.6) is 5.88 Å². The second-order valence-corrected chi connectivity index (χ2v) is 5.78. The van der Waals surface area contributed by atoms with Crippen molar-refractivity contribution in [2.75, 3.05) is 20.7 Å². The van der Waals surface area contributed by atoms with Gasteiger partial charge in [-0.3, -0.25) is 4.99 Å². The molecule has 26 heavy (non-hydrogen) atoms. The molecular weight excluding hydrogens is 333 g/mol. The number of aliphatic imine (C=N–C) groups is 1. The number of hydrogen-bond acceptors (Lipinski definition) is 3. The highest BCUT2D eigenvalue weighted by atomic mass is 19.1. The Bertz CT molecular complexity index is 906. The van der Waals surface area contributed by atoms with Gasteiger partial charge in [0.15, 0.2) is 5.96 Å². The molecule has 136 valence electrons. The molecule has 0 spiro atoms. The molecule has 0 saturated carbocycles. The molecule has 0 atom stereocenters. The van der Waals surface area contributed by atoms with Gasteiger partial charge in [0.05, 0.1) is 19.3 Å². The van der Waals surface area contributed by atoms with E-state index >= 15 is 0 Å². The van der Waals surface area contributed by atoms with Crippen molar-refractivity contribution >= 4 is 16.9 Å². The van der Waals surface area contributed by atoms with Crippen LogP contribution in [0.1, 0.15) is 11.3 Å². The van der Waals surface area contributed by atoms with E-state index in [1.807, 2.05) is 24.4 Å². The molecular formula is C19H22FN5O. The SMILES string of the molecule is CN=C(NCCc1c[nH]c2cc(F)ccc12)NCc1cccc(OC)n1. The molecule has 0 amide bonds. The van der Waals surface area contributed by atoms with Crippen molar-refractivity contribution in [2.24, 2.45) is 4.99 Å². The number of halogens is 1. The quantitative estimate of drug-likeness (QED) is 0.469. The summed E-state index contributed by atoms with van der Waals surface area (Å²) < 4.78 is 18.4. The highest BCUT2D eigenvalue weighted by Crippen LogP contribution is 2.19. The first-order valence-corrected chi connectivity index (χ1v) is 8.39. The zero-order valence-electron chi connectivity index (χ0n) is 14.8. The standard InChI is InChI=1S/C19H22FN5O/c1-21-19(24-12-15-4-3-5-18(25-15)26-2)22-9-8-13-11-23-17-10-14(20)6-7-16(13)17/h3-7,10-11,23H,8-9,12H2,1-2H3,(H2,21,22,24). The first-order valence-electron chi connectivity index (χ1n) is 8.39. The summed E-state index contributed by atoms with van der Waals surface area (Å²) >= 11 is 0. The van der Waals surface area contributed by atoms with Crippen LogP contribution < -0.4 is 15.4 Å². The van der Waals surface area contributed by atoms with Crippen molar-refractivity contribution in [1.82, 2.24) is 20.6 Å². The fraction of sp³-hybridized carbons (Fsp3) is 0.263. The van der Waals surface area contributed by atoms with E-state index in [9.17, 15) is 4.39 Å². The topological polar surface area (TPSA) is 74.3 Å². The Morgan fingerprint density at radius 2 is 2.15 bits per heavy atom. The van der Waals surface area contributed by atoms with Gasteiger partial charge in [-0.25, -0.2) is 9.37 Å². The van der Waals surface area contributed by atoms with Crippen molar-refractivity contribution in [2.45, 2.75) is 13.0 Å². The van der Waals surface area contributed by atoms with Crippen LogP contribution in [0.15, 0.2) is 47.6 Å². The molecule has 3 N–H and O–H groups in total. The third-order valence-electron chi connectivity index (χ3n) is 4.07. The lowest BCUT2D eigenvalue weighted by Gasteiger charge is -2.11. The van der Waals surface area contributed by atoms with E-state index in [4.69, 9.17) is 4.74 Å². The van der Waals surface area contributed by atoms with Gasteiger partial charge in [-0.2, -0.15) is 0 Å². The van der Waals surface area contributed by atoms with Crippen LogP contribution in [0, 0.1) is 5.82 Å². The van der Waals surface area contributed by atoms with E-state index in [-0.39, 0.29) is 5.82 Å². The number of nitrogens with one attached hydrogen (secondary N) is 3. The van der Waals surface area contributed by atoms with Gasteiger partial charge in [0.2, 0.25) is 5.88 Å². The molecule has 7 heteroatoms. The normalized spacial score (nSPS) is 11.6. The summed E-state index contributed by atoms with van der Waals surface area (Å²) in [7, 11) is 3.32. The molecule has 1 aromatic carbocycles.